The lowest BCUT2D eigenvalue weighted by Gasteiger charge is -2.30. The van der Waals surface area contributed by atoms with Crippen molar-refractivity contribution in [3.63, 3.8) is 0 Å². The van der Waals surface area contributed by atoms with Crippen molar-refractivity contribution in [3.05, 3.63) is 41.1 Å². The minimum Gasteiger partial charge on any atom is -0.478 e. The van der Waals surface area contributed by atoms with Crippen LogP contribution in [0, 0.1) is 16.2 Å². The zero-order chi connectivity index (χ0) is 41.3. The number of aromatic carboxylic acids is 1. The van der Waals surface area contributed by atoms with Gasteiger partial charge in [-0.1, -0.05) is 164 Å². The second-order valence-corrected chi connectivity index (χ2v) is 20.7. The monoisotopic (exact) mass is 790 g/mol. The number of ether oxygens (including phenoxy) is 2. The fraction of sp³-hybridized carbons (Fsp3) is 0.760. The second-order valence-electron chi connectivity index (χ2n) is 20.7. The fourth-order valence-corrected chi connectivity index (χ4v) is 8.54. The van der Waals surface area contributed by atoms with Gasteiger partial charge < -0.3 is 19.1 Å². The number of carbonyl (C=O) groups is 1. The lowest BCUT2D eigenvalue weighted by molar-refractivity contribution is 0.0624. The molecule has 0 bridgehead atoms. The van der Waals surface area contributed by atoms with E-state index >= 15 is 0 Å². The number of nitrogens with zero attached hydrogens (tertiary/aromatic N) is 3. The summed E-state index contributed by atoms with van der Waals surface area (Å²) in [6, 6.07) is 7.59. The maximum atomic E-state index is 12.0. The molecule has 0 fully saturated rings. The van der Waals surface area contributed by atoms with Crippen LogP contribution in [0.1, 0.15) is 212 Å². The number of carboxylic acid groups (broad SMARTS) is 1. The van der Waals surface area contributed by atoms with Gasteiger partial charge >= 0.3 is 5.97 Å². The third-order valence-electron chi connectivity index (χ3n) is 12.1. The van der Waals surface area contributed by atoms with Gasteiger partial charge in [0.15, 0.2) is 0 Å². The third-order valence-corrected chi connectivity index (χ3v) is 12.1. The Kier molecular flexibility index (Phi) is 19.2. The van der Waals surface area contributed by atoms with Gasteiger partial charge in [0.1, 0.15) is 19.2 Å². The largest absolute Gasteiger partial charge is 0.478 e. The summed E-state index contributed by atoms with van der Waals surface area (Å²) in [6.07, 6.45) is 29.0. The maximum absolute atomic E-state index is 12.0. The van der Waals surface area contributed by atoms with Crippen LogP contribution in [0.5, 0.6) is 0 Å². The first-order valence-electron chi connectivity index (χ1n) is 23.2. The molecule has 0 saturated carbocycles. The lowest BCUT2D eigenvalue weighted by atomic mass is 9.76. The van der Waals surface area contributed by atoms with Gasteiger partial charge in [-0.2, -0.15) is 5.10 Å². The minimum atomic E-state index is -0.917. The Balaban J connectivity index is 1.30. The smallest absolute Gasteiger partial charge is 0.335 e. The summed E-state index contributed by atoms with van der Waals surface area (Å²) < 4.78 is 16.9. The van der Waals surface area contributed by atoms with E-state index in [1.807, 2.05) is 6.07 Å². The Bertz CT molecular complexity index is 1620. The molecule has 0 radical (unpaired) electrons. The predicted octanol–water partition coefficient (Wildman–Crippen LogP) is 14.6. The Morgan fingerprint density at radius 2 is 1.19 bits per heavy atom. The van der Waals surface area contributed by atoms with Crippen LogP contribution in [0.3, 0.4) is 0 Å². The lowest BCUT2D eigenvalue weighted by Crippen LogP contribution is -2.24. The van der Waals surface area contributed by atoms with E-state index in [1.54, 1.807) is 12.1 Å². The van der Waals surface area contributed by atoms with Gasteiger partial charge in [-0.05, 0) is 79.4 Å². The molecule has 57 heavy (non-hydrogen) atoms. The van der Waals surface area contributed by atoms with Gasteiger partial charge in [0.25, 0.3) is 0 Å². The van der Waals surface area contributed by atoms with Crippen molar-refractivity contribution in [2.75, 3.05) is 13.2 Å². The van der Waals surface area contributed by atoms with E-state index in [0.29, 0.717) is 30.9 Å². The average Bonchev–Trinajstić information content (AvgIpc) is 3.67. The predicted molar refractivity (Wildman–Crippen MR) is 239 cm³/mol. The van der Waals surface area contributed by atoms with Crippen molar-refractivity contribution < 1.29 is 19.4 Å². The third kappa shape index (κ3) is 16.9. The van der Waals surface area contributed by atoms with Gasteiger partial charge in [0.05, 0.1) is 16.8 Å². The first kappa shape index (κ1) is 47.0. The summed E-state index contributed by atoms with van der Waals surface area (Å²) in [4.78, 5) is 12.0. The summed E-state index contributed by atoms with van der Waals surface area (Å²) in [5.74, 6) is -0.917. The number of hydrogen-bond acceptors (Lipinski definition) is 4. The fourth-order valence-electron chi connectivity index (χ4n) is 8.54. The van der Waals surface area contributed by atoms with Crippen molar-refractivity contribution >= 4 is 16.9 Å². The molecule has 0 saturated heterocycles. The SMILES string of the molecule is CC(C)(C)CCCCCCCCCCCOCn1nc(-c2cc3ccc(C(=O)O)cc3n2COCCCCCCCCCCCC(C)(C)C)c2c1CC(C)(C)CC2. The zero-order valence-electron chi connectivity index (χ0n) is 37.9. The van der Waals surface area contributed by atoms with E-state index < -0.39 is 5.97 Å². The standard InChI is InChI=1S/C50H83N3O4/c1-48(2,3)30-23-19-15-11-9-13-17-21-25-33-56-38-52-43-36-41(47(54)55)28-27-40(43)35-44(52)46-42-29-32-50(7,8)37-45(42)53(51-46)39-57-34-26-22-18-14-10-12-16-20-24-31-49(4,5)6/h27-28,35-36H,9-26,29-34,37-39H2,1-8H3,(H,54,55). The van der Waals surface area contributed by atoms with Crippen LogP contribution in [0.2, 0.25) is 0 Å². The Hall–Kier alpha value is -2.64. The van der Waals surface area contributed by atoms with Crippen molar-refractivity contribution in [3.8, 4) is 11.4 Å². The van der Waals surface area contributed by atoms with Crippen LogP contribution >= 0.6 is 0 Å². The summed E-state index contributed by atoms with van der Waals surface area (Å²) >= 11 is 0. The number of aromatic nitrogens is 3. The summed E-state index contributed by atoms with van der Waals surface area (Å²) in [6.45, 7) is 21.0. The van der Waals surface area contributed by atoms with Crippen LogP contribution < -0.4 is 0 Å². The first-order chi connectivity index (χ1) is 27.1. The summed E-state index contributed by atoms with van der Waals surface area (Å²) in [5.41, 5.74) is 6.85. The normalized spacial score (nSPS) is 14.5. The van der Waals surface area contributed by atoms with Crippen molar-refractivity contribution in [1.29, 1.82) is 0 Å². The van der Waals surface area contributed by atoms with E-state index in [0.717, 1.165) is 61.0 Å². The van der Waals surface area contributed by atoms with Gasteiger partial charge in [-0.15, -0.1) is 0 Å². The number of benzene rings is 1. The van der Waals surface area contributed by atoms with Crippen LogP contribution in [0.4, 0.5) is 0 Å². The molecule has 0 aliphatic heterocycles. The van der Waals surface area contributed by atoms with E-state index in [-0.39, 0.29) is 11.0 Å². The molecular formula is C50H83N3O4. The number of fused-ring (bicyclic) bond motifs is 2. The van der Waals surface area contributed by atoms with Crippen LogP contribution in [0.25, 0.3) is 22.3 Å². The minimum absolute atomic E-state index is 0.201. The highest BCUT2D eigenvalue weighted by molar-refractivity contribution is 5.95. The quantitative estimate of drug-likeness (QED) is 0.0741. The highest BCUT2D eigenvalue weighted by Crippen LogP contribution is 2.40. The van der Waals surface area contributed by atoms with Crippen molar-refractivity contribution in [2.45, 2.75) is 217 Å². The maximum Gasteiger partial charge on any atom is 0.335 e. The number of carboxylic acids is 1. The molecule has 1 N–H and O–H groups in total. The van der Waals surface area contributed by atoms with Gasteiger partial charge in [0, 0.05) is 29.9 Å². The molecular weight excluding hydrogens is 707 g/mol. The molecule has 2 heterocycles. The topological polar surface area (TPSA) is 78.5 Å². The molecule has 0 amide bonds. The van der Waals surface area contributed by atoms with E-state index in [2.05, 4.69) is 70.7 Å². The first-order valence-corrected chi connectivity index (χ1v) is 23.2. The van der Waals surface area contributed by atoms with E-state index in [4.69, 9.17) is 14.6 Å². The average molecular weight is 790 g/mol. The summed E-state index contributed by atoms with van der Waals surface area (Å²) in [5, 5.41) is 16.1. The van der Waals surface area contributed by atoms with Gasteiger partial charge in [0.2, 0.25) is 0 Å². The van der Waals surface area contributed by atoms with Gasteiger partial charge in [-0.25, -0.2) is 9.48 Å². The van der Waals surface area contributed by atoms with Crippen molar-refractivity contribution in [1.82, 2.24) is 14.3 Å². The molecule has 7 heteroatoms. The molecule has 3 aromatic rings. The van der Waals surface area contributed by atoms with E-state index in [9.17, 15) is 9.90 Å². The molecule has 0 spiro atoms. The highest BCUT2D eigenvalue weighted by Gasteiger charge is 2.32. The number of unbranched alkanes of at least 4 members (excludes halogenated alkanes) is 16. The zero-order valence-corrected chi connectivity index (χ0v) is 37.9. The van der Waals surface area contributed by atoms with Crippen LogP contribution in [0.15, 0.2) is 24.3 Å². The molecule has 7 nitrogen and oxygen atoms in total. The molecule has 1 aliphatic carbocycles. The van der Waals surface area contributed by atoms with Gasteiger partial charge in [-0.3, -0.25) is 0 Å². The number of rotatable bonds is 28. The molecule has 1 aliphatic rings. The molecule has 1 aromatic carbocycles. The van der Waals surface area contributed by atoms with Crippen LogP contribution in [-0.4, -0.2) is 38.6 Å². The molecule has 0 atom stereocenters. The molecule has 2 aromatic heterocycles. The molecule has 322 valence electrons. The summed E-state index contributed by atoms with van der Waals surface area (Å²) in [7, 11) is 0. The molecule has 4 rings (SSSR count). The Morgan fingerprint density at radius 1 is 0.702 bits per heavy atom. The van der Waals surface area contributed by atoms with Crippen molar-refractivity contribution in [2.24, 2.45) is 16.2 Å². The highest BCUT2D eigenvalue weighted by atomic mass is 16.5. The Labute approximate surface area is 348 Å². The number of hydrogen-bond donors (Lipinski definition) is 1. The molecule has 0 unspecified atom stereocenters. The van der Waals surface area contributed by atoms with E-state index in [1.165, 1.54) is 127 Å². The van der Waals surface area contributed by atoms with Crippen LogP contribution in [-0.2, 0) is 35.8 Å². The Morgan fingerprint density at radius 3 is 1.70 bits per heavy atom. The second kappa shape index (κ2) is 23.2.